The molecule has 0 bridgehead atoms. The van der Waals surface area contributed by atoms with Gasteiger partial charge in [-0.15, -0.1) is 24.0 Å². The molecule has 3 rings (SSSR count). The van der Waals surface area contributed by atoms with E-state index in [1.807, 2.05) is 12.1 Å². The van der Waals surface area contributed by atoms with Crippen LogP contribution < -0.4 is 25.0 Å². The molecule has 10 heteroatoms. The summed E-state index contributed by atoms with van der Waals surface area (Å²) in [6, 6.07) is 8.34. The van der Waals surface area contributed by atoms with Crippen molar-refractivity contribution < 1.29 is 13.2 Å². The smallest absolute Gasteiger partial charge is 0.213 e. The van der Waals surface area contributed by atoms with Gasteiger partial charge in [0.05, 0.1) is 12.9 Å². The average Bonchev–Trinajstić information content (AvgIpc) is 2.72. The van der Waals surface area contributed by atoms with Crippen LogP contribution in [0, 0.1) is 5.92 Å². The molecule has 0 aromatic heterocycles. The number of ether oxygens (including phenoxy) is 1. The second-order valence-electron chi connectivity index (χ2n) is 8.09. The topological polar surface area (TPSA) is 95.1 Å². The molecule has 1 saturated carbocycles. The third kappa shape index (κ3) is 8.30. The highest BCUT2D eigenvalue weighted by Gasteiger charge is 2.22. The summed E-state index contributed by atoms with van der Waals surface area (Å²) >= 11 is 0. The van der Waals surface area contributed by atoms with Crippen molar-refractivity contribution in [2.45, 2.75) is 38.1 Å². The molecular weight excluding hydrogens is 529 g/mol. The fourth-order valence-electron chi connectivity index (χ4n) is 3.84. The third-order valence-corrected chi connectivity index (χ3v) is 7.23. The first-order valence-corrected chi connectivity index (χ1v) is 12.5. The Morgan fingerprint density at radius 2 is 2.06 bits per heavy atom. The Bertz CT molecular complexity index is 817. The number of anilines is 1. The lowest BCUT2D eigenvalue weighted by Crippen LogP contribution is -2.52. The van der Waals surface area contributed by atoms with Crippen LogP contribution in [0.3, 0.4) is 0 Å². The molecule has 2 fully saturated rings. The third-order valence-electron chi connectivity index (χ3n) is 5.88. The fraction of sp³-hybridized carbons (Fsp3) is 0.667. The van der Waals surface area contributed by atoms with Gasteiger partial charge < -0.3 is 20.3 Å². The van der Waals surface area contributed by atoms with Crippen molar-refractivity contribution in [3.05, 3.63) is 24.3 Å². The average molecular weight is 566 g/mol. The lowest BCUT2D eigenvalue weighted by Gasteiger charge is -2.35. The molecule has 1 aliphatic heterocycles. The fourth-order valence-corrected chi connectivity index (χ4v) is 4.85. The van der Waals surface area contributed by atoms with E-state index in [9.17, 15) is 8.42 Å². The molecule has 3 N–H and O–H groups in total. The van der Waals surface area contributed by atoms with E-state index in [1.54, 1.807) is 14.2 Å². The highest BCUT2D eigenvalue weighted by Crippen LogP contribution is 2.25. The van der Waals surface area contributed by atoms with Crippen LogP contribution in [0.25, 0.3) is 0 Å². The van der Waals surface area contributed by atoms with Gasteiger partial charge in [0.1, 0.15) is 5.75 Å². The van der Waals surface area contributed by atoms with Crippen LogP contribution in [0.5, 0.6) is 5.75 Å². The zero-order chi connectivity index (χ0) is 21.4. The zero-order valence-corrected chi connectivity index (χ0v) is 21.6. The van der Waals surface area contributed by atoms with Gasteiger partial charge in [-0.2, -0.15) is 0 Å². The van der Waals surface area contributed by atoms with Crippen LogP contribution in [0.2, 0.25) is 0 Å². The molecule has 2 aliphatic rings. The van der Waals surface area contributed by atoms with Gasteiger partial charge in [0, 0.05) is 51.0 Å². The number of benzene rings is 1. The van der Waals surface area contributed by atoms with Gasteiger partial charge in [-0.25, -0.2) is 13.1 Å². The summed E-state index contributed by atoms with van der Waals surface area (Å²) in [5.41, 5.74) is 1.15. The van der Waals surface area contributed by atoms with Gasteiger partial charge in [-0.1, -0.05) is 12.5 Å². The van der Waals surface area contributed by atoms with Gasteiger partial charge >= 0.3 is 0 Å². The summed E-state index contributed by atoms with van der Waals surface area (Å²) in [6.07, 6.45) is 5.59. The maximum atomic E-state index is 12.2. The van der Waals surface area contributed by atoms with Crippen LogP contribution >= 0.6 is 24.0 Å². The molecule has 1 unspecified atom stereocenters. The van der Waals surface area contributed by atoms with Crippen molar-refractivity contribution in [1.82, 2.24) is 15.4 Å². The molecule has 1 aliphatic carbocycles. The lowest BCUT2D eigenvalue weighted by molar-refractivity contribution is 0.316. The van der Waals surface area contributed by atoms with Crippen molar-refractivity contribution in [3.8, 4) is 5.75 Å². The Balaban J connectivity index is 0.00000341. The van der Waals surface area contributed by atoms with Crippen molar-refractivity contribution in [3.63, 3.8) is 0 Å². The Morgan fingerprint density at radius 1 is 1.26 bits per heavy atom. The summed E-state index contributed by atoms with van der Waals surface area (Å²) in [7, 11) is 0.132. The number of sulfonamides is 1. The summed E-state index contributed by atoms with van der Waals surface area (Å²) in [5, 5.41) is 6.58. The van der Waals surface area contributed by atoms with E-state index < -0.39 is 10.0 Å². The maximum Gasteiger partial charge on any atom is 0.213 e. The monoisotopic (exact) mass is 565 g/mol. The van der Waals surface area contributed by atoms with E-state index in [2.05, 4.69) is 37.4 Å². The quantitative estimate of drug-likeness (QED) is 0.242. The molecule has 0 radical (unpaired) electrons. The van der Waals surface area contributed by atoms with Gasteiger partial charge in [-0.3, -0.25) is 4.99 Å². The second kappa shape index (κ2) is 12.7. The summed E-state index contributed by atoms with van der Waals surface area (Å²) in [4.78, 5) is 6.60. The van der Waals surface area contributed by atoms with Crippen molar-refractivity contribution in [2.24, 2.45) is 10.9 Å². The first-order valence-electron chi connectivity index (χ1n) is 10.8. The maximum absolute atomic E-state index is 12.2. The van der Waals surface area contributed by atoms with Crippen molar-refractivity contribution in [2.75, 3.05) is 51.0 Å². The summed E-state index contributed by atoms with van der Waals surface area (Å²) in [5.74, 6) is 2.05. The highest BCUT2D eigenvalue weighted by molar-refractivity contribution is 14.0. The van der Waals surface area contributed by atoms with Gasteiger partial charge in [0.25, 0.3) is 0 Å². The van der Waals surface area contributed by atoms with Crippen molar-refractivity contribution in [1.29, 1.82) is 0 Å². The Labute approximate surface area is 203 Å². The second-order valence-corrected chi connectivity index (χ2v) is 10.0. The van der Waals surface area contributed by atoms with Gasteiger partial charge in [0.2, 0.25) is 10.0 Å². The predicted octanol–water partition coefficient (Wildman–Crippen LogP) is 2.17. The number of aliphatic imine (C=N–C) groups is 1. The van der Waals surface area contributed by atoms with Crippen LogP contribution in [-0.4, -0.2) is 66.5 Å². The van der Waals surface area contributed by atoms with Crippen molar-refractivity contribution >= 4 is 45.6 Å². The largest absolute Gasteiger partial charge is 0.497 e. The van der Waals surface area contributed by atoms with Gasteiger partial charge in [-0.05, 0) is 43.7 Å². The Kier molecular flexibility index (Phi) is 10.6. The van der Waals surface area contributed by atoms with Crippen LogP contribution in [-0.2, 0) is 10.0 Å². The minimum Gasteiger partial charge on any atom is -0.497 e. The Morgan fingerprint density at radius 3 is 2.74 bits per heavy atom. The molecule has 1 atom stereocenters. The van der Waals surface area contributed by atoms with Crippen LogP contribution in [0.1, 0.15) is 32.1 Å². The minimum absolute atomic E-state index is 0. The molecule has 0 amide bonds. The van der Waals surface area contributed by atoms with E-state index in [4.69, 9.17) is 4.74 Å². The molecule has 1 aromatic rings. The molecule has 176 valence electrons. The number of nitrogens with one attached hydrogen (secondary N) is 3. The standard InChI is InChI=1S/C21H35N5O3S.HI/c1-22-21(23-11-13-30(27,28)24-15-17-6-3-7-17)25-18-8-5-12-26(16-18)19-9-4-10-20(14-19)29-2;/h4,9-10,14,17-18,24H,3,5-8,11-13,15-16H2,1-2H3,(H2,22,23,25);1H. The van der Waals surface area contributed by atoms with E-state index >= 15 is 0 Å². The highest BCUT2D eigenvalue weighted by atomic mass is 127. The first-order chi connectivity index (χ1) is 14.5. The zero-order valence-electron chi connectivity index (χ0n) is 18.5. The molecule has 1 aromatic carbocycles. The molecule has 8 nitrogen and oxygen atoms in total. The number of nitrogens with zero attached hydrogens (tertiary/aromatic N) is 2. The normalized spacial score (nSPS) is 19.9. The summed E-state index contributed by atoms with van der Waals surface area (Å²) < 4.78 is 32.4. The van der Waals surface area contributed by atoms with Crippen LogP contribution in [0.4, 0.5) is 5.69 Å². The number of rotatable bonds is 9. The molecular formula is C21H36IN5O3S. The molecule has 1 heterocycles. The number of piperidine rings is 1. The molecule has 31 heavy (non-hydrogen) atoms. The number of hydrogen-bond acceptors (Lipinski definition) is 5. The Hall–Kier alpha value is -1.27. The van der Waals surface area contributed by atoms with E-state index in [-0.39, 0.29) is 35.8 Å². The number of methoxy groups -OCH3 is 1. The number of hydrogen-bond donors (Lipinski definition) is 3. The summed E-state index contributed by atoms with van der Waals surface area (Å²) in [6.45, 7) is 2.75. The number of guanidine groups is 1. The minimum atomic E-state index is -3.26. The predicted molar refractivity (Wildman–Crippen MR) is 137 cm³/mol. The molecule has 0 spiro atoms. The first kappa shape index (κ1) is 26.0. The van der Waals surface area contributed by atoms with Crippen LogP contribution in [0.15, 0.2) is 29.3 Å². The van der Waals surface area contributed by atoms with E-state index in [1.165, 1.54) is 6.42 Å². The SMILES string of the molecule is CN=C(NCCS(=O)(=O)NCC1CCC1)NC1CCCN(c2cccc(OC)c2)C1.I. The molecule has 1 saturated heterocycles. The van der Waals surface area contributed by atoms with Gasteiger partial charge in [0.15, 0.2) is 5.96 Å². The lowest BCUT2D eigenvalue weighted by atomic mass is 9.86. The van der Waals surface area contributed by atoms with E-state index in [0.717, 1.165) is 50.2 Å². The van der Waals surface area contributed by atoms with E-state index in [0.29, 0.717) is 25.0 Å². The number of halogens is 1.